The smallest absolute Gasteiger partial charge is 0.271 e. The molecule has 2 aromatic carbocycles. The Labute approximate surface area is 198 Å². The van der Waals surface area contributed by atoms with Gasteiger partial charge < -0.3 is 24.4 Å². The summed E-state index contributed by atoms with van der Waals surface area (Å²) < 4.78 is 0.759. The molecule has 0 atom stereocenters. The number of halogens is 1. The molecule has 0 bridgehead atoms. The lowest BCUT2D eigenvalue weighted by molar-refractivity contribution is -0.889. The molecule has 0 amide bonds. The summed E-state index contributed by atoms with van der Waals surface area (Å²) >= 11 is 6.04. The molecule has 0 radical (unpaired) electrons. The predicted octanol–water partition coefficient (Wildman–Crippen LogP) is 3.31. The maximum atomic E-state index is 10.8. The number of azo groups is 1. The highest BCUT2D eigenvalue weighted by molar-refractivity contribution is 6.33. The number of benzene rings is 2. The number of carbonyl (C=O) groups is 1. The van der Waals surface area contributed by atoms with E-state index in [0.717, 1.165) is 43.3 Å². The average molecular weight is 480 g/mol. The van der Waals surface area contributed by atoms with Crippen molar-refractivity contribution < 1.29 is 24.4 Å². The van der Waals surface area contributed by atoms with Crippen molar-refractivity contribution in [2.75, 3.05) is 51.8 Å². The van der Waals surface area contributed by atoms with Crippen molar-refractivity contribution in [2.45, 2.75) is 13.8 Å². The summed E-state index contributed by atoms with van der Waals surface area (Å²) in [5.41, 5.74) is 2.04. The monoisotopic (exact) mass is 479 g/mol. The second-order valence-corrected chi connectivity index (χ2v) is 8.19. The van der Waals surface area contributed by atoms with E-state index in [9.17, 15) is 15.2 Å². The number of nitro benzene ring substituents is 1. The van der Waals surface area contributed by atoms with Crippen LogP contribution in [0.3, 0.4) is 0 Å². The third-order valence-corrected chi connectivity index (χ3v) is 5.00. The van der Waals surface area contributed by atoms with Crippen LogP contribution in [0, 0.1) is 10.1 Å². The van der Waals surface area contributed by atoms with Crippen LogP contribution in [0.4, 0.5) is 22.7 Å². The first-order chi connectivity index (χ1) is 15.5. The zero-order chi connectivity index (χ0) is 25.0. The van der Waals surface area contributed by atoms with Crippen LogP contribution in [-0.2, 0) is 4.79 Å². The van der Waals surface area contributed by atoms with Gasteiger partial charge in [0.1, 0.15) is 12.2 Å². The first-order valence-electron chi connectivity index (χ1n) is 10.3. The Morgan fingerprint density at radius 3 is 2.24 bits per heavy atom. The minimum Gasteiger partial charge on any atom is -0.550 e. The number of quaternary nitrogens is 1. The number of aliphatic carboxylic acids is 1. The zero-order valence-electron chi connectivity index (χ0n) is 19.3. The SMILES string of the molecule is CC(=O)[O-].CCN(CC[N+](C)(C)CCO)c1ccc(N=Nc2ccc([N+](=O)[O-])cc2Cl)cc1. The van der Waals surface area contributed by atoms with Crippen LogP contribution in [0.25, 0.3) is 0 Å². The fourth-order valence-corrected chi connectivity index (χ4v) is 2.99. The number of likely N-dealkylation sites (N-methyl/N-ethyl adjacent to an activating group) is 2. The zero-order valence-corrected chi connectivity index (χ0v) is 20.0. The number of aliphatic hydroxyl groups excluding tert-OH is 1. The summed E-state index contributed by atoms with van der Waals surface area (Å²) in [6.45, 7) is 6.66. The molecule has 0 aliphatic carbocycles. The molecule has 0 aromatic heterocycles. The van der Waals surface area contributed by atoms with E-state index >= 15 is 0 Å². The minimum atomic E-state index is -1.08. The summed E-state index contributed by atoms with van der Waals surface area (Å²) in [7, 11) is 4.22. The highest BCUT2D eigenvalue weighted by Gasteiger charge is 2.16. The van der Waals surface area contributed by atoms with E-state index in [-0.39, 0.29) is 17.3 Å². The van der Waals surface area contributed by atoms with E-state index < -0.39 is 10.9 Å². The van der Waals surface area contributed by atoms with Crippen molar-refractivity contribution >= 4 is 40.3 Å². The Bertz CT molecular complexity index is 947. The number of hydrogen-bond acceptors (Lipinski definition) is 8. The molecule has 0 aliphatic heterocycles. The lowest BCUT2D eigenvalue weighted by Crippen LogP contribution is -2.47. The normalized spacial score (nSPS) is 11.1. The van der Waals surface area contributed by atoms with Gasteiger partial charge in [-0.05, 0) is 44.2 Å². The molecule has 0 fully saturated rings. The van der Waals surface area contributed by atoms with Gasteiger partial charge in [-0.2, -0.15) is 5.11 Å². The lowest BCUT2D eigenvalue weighted by Gasteiger charge is -2.32. The van der Waals surface area contributed by atoms with Crippen LogP contribution >= 0.6 is 11.6 Å². The highest BCUT2D eigenvalue weighted by Crippen LogP contribution is 2.30. The molecular formula is C22H30ClN5O5. The predicted molar refractivity (Wildman–Crippen MR) is 126 cm³/mol. The van der Waals surface area contributed by atoms with E-state index in [2.05, 4.69) is 36.1 Å². The molecule has 2 rings (SSSR count). The number of carboxylic acid groups (broad SMARTS) is 1. The maximum absolute atomic E-state index is 10.8. The number of anilines is 1. The van der Waals surface area contributed by atoms with E-state index in [0.29, 0.717) is 11.4 Å². The van der Waals surface area contributed by atoms with Crippen molar-refractivity contribution in [2.24, 2.45) is 10.2 Å². The van der Waals surface area contributed by atoms with Crippen LogP contribution in [0.1, 0.15) is 13.8 Å². The van der Waals surface area contributed by atoms with E-state index in [1.165, 1.54) is 18.2 Å². The number of aliphatic hydroxyl groups is 1. The van der Waals surface area contributed by atoms with Crippen LogP contribution in [0.15, 0.2) is 52.7 Å². The van der Waals surface area contributed by atoms with Gasteiger partial charge in [0.25, 0.3) is 5.69 Å². The molecule has 1 N–H and O–H groups in total. The molecule has 0 unspecified atom stereocenters. The standard InChI is InChI=1S/C20H27ClN5O3.C2H4O2/c1-4-24(11-12-26(2,3)13-14-27)17-7-5-16(6-8-17)22-23-20-10-9-18(25(28)29)15-19(20)21;1-2(3)4/h5-10,15,27H,4,11-14H2,1-3H3;1H3,(H,3,4)/q+1;/p-1. The summed E-state index contributed by atoms with van der Waals surface area (Å²) in [5.74, 6) is -1.08. The number of non-ortho nitro benzene ring substituents is 1. The summed E-state index contributed by atoms with van der Waals surface area (Å²) in [4.78, 5) is 21.4. The molecule has 33 heavy (non-hydrogen) atoms. The Balaban J connectivity index is 0.00000125. The fourth-order valence-electron chi connectivity index (χ4n) is 2.78. The van der Waals surface area contributed by atoms with Crippen molar-refractivity contribution in [3.05, 3.63) is 57.6 Å². The molecule has 2 aromatic rings. The molecule has 0 saturated carbocycles. The molecule has 0 aliphatic rings. The molecule has 180 valence electrons. The number of carboxylic acids is 1. The first-order valence-corrected chi connectivity index (χ1v) is 10.7. The Kier molecular flexibility index (Phi) is 11.4. The molecule has 0 heterocycles. The van der Waals surface area contributed by atoms with Gasteiger partial charge in [-0.15, -0.1) is 5.11 Å². The van der Waals surface area contributed by atoms with Crippen LogP contribution in [0.2, 0.25) is 5.02 Å². The Morgan fingerprint density at radius 2 is 1.76 bits per heavy atom. The summed E-state index contributed by atoms with van der Waals surface area (Å²) in [6, 6.07) is 11.8. The van der Waals surface area contributed by atoms with Gasteiger partial charge in [-0.25, -0.2) is 0 Å². The summed E-state index contributed by atoms with van der Waals surface area (Å²) in [5, 5.41) is 37.3. The average Bonchev–Trinajstić information content (AvgIpc) is 2.73. The van der Waals surface area contributed by atoms with E-state index in [1.807, 2.05) is 24.3 Å². The third kappa shape index (κ3) is 10.4. The molecular weight excluding hydrogens is 450 g/mol. The van der Waals surface area contributed by atoms with Gasteiger partial charge in [-0.1, -0.05) is 11.6 Å². The third-order valence-electron chi connectivity index (χ3n) is 4.69. The first kappa shape index (κ1) is 28.0. The van der Waals surface area contributed by atoms with Crippen molar-refractivity contribution in [3.8, 4) is 0 Å². The van der Waals surface area contributed by atoms with E-state index in [1.54, 1.807) is 0 Å². The van der Waals surface area contributed by atoms with Gasteiger partial charge >= 0.3 is 0 Å². The quantitative estimate of drug-likeness (QED) is 0.240. The Morgan fingerprint density at radius 1 is 1.15 bits per heavy atom. The number of carbonyl (C=O) groups excluding carboxylic acids is 1. The van der Waals surface area contributed by atoms with Crippen LogP contribution in [0.5, 0.6) is 0 Å². The van der Waals surface area contributed by atoms with Gasteiger partial charge in [0.05, 0.1) is 49.4 Å². The molecule has 11 heteroatoms. The second kappa shape index (κ2) is 13.5. The van der Waals surface area contributed by atoms with Crippen LogP contribution < -0.4 is 10.0 Å². The van der Waals surface area contributed by atoms with Crippen molar-refractivity contribution in [1.82, 2.24) is 0 Å². The minimum absolute atomic E-state index is 0.0845. The number of nitro groups is 1. The number of rotatable bonds is 10. The van der Waals surface area contributed by atoms with E-state index in [4.69, 9.17) is 21.5 Å². The van der Waals surface area contributed by atoms with Crippen LogP contribution in [-0.4, -0.2) is 67.4 Å². The highest BCUT2D eigenvalue weighted by atomic mass is 35.5. The van der Waals surface area contributed by atoms with Gasteiger partial charge in [0.15, 0.2) is 0 Å². The molecule has 10 nitrogen and oxygen atoms in total. The molecule has 0 spiro atoms. The molecule has 0 saturated heterocycles. The van der Waals surface area contributed by atoms with Gasteiger partial charge in [-0.3, -0.25) is 10.1 Å². The second-order valence-electron chi connectivity index (χ2n) is 7.79. The Hall–Kier alpha value is -3.08. The summed E-state index contributed by atoms with van der Waals surface area (Å²) in [6.07, 6.45) is 0. The largest absolute Gasteiger partial charge is 0.550 e. The topological polar surface area (TPSA) is 131 Å². The number of hydrogen-bond donors (Lipinski definition) is 1. The van der Waals surface area contributed by atoms with Gasteiger partial charge in [0, 0.05) is 30.3 Å². The number of nitrogens with zero attached hydrogens (tertiary/aromatic N) is 5. The fraction of sp³-hybridized carbons (Fsp3) is 0.409. The van der Waals surface area contributed by atoms with Gasteiger partial charge in [0.2, 0.25) is 0 Å². The lowest BCUT2D eigenvalue weighted by atomic mass is 10.2. The van der Waals surface area contributed by atoms with Crippen molar-refractivity contribution in [1.29, 1.82) is 0 Å². The van der Waals surface area contributed by atoms with Crippen molar-refractivity contribution in [3.63, 3.8) is 0 Å². The maximum Gasteiger partial charge on any atom is 0.271 e.